The molecule has 0 aromatic heterocycles. The third-order valence-electron chi connectivity index (χ3n) is 3.17. The lowest BCUT2D eigenvalue weighted by molar-refractivity contribution is -0.386. The fourth-order valence-electron chi connectivity index (χ4n) is 2.14. The van der Waals surface area contributed by atoms with Gasteiger partial charge in [-0.25, -0.2) is 13.1 Å². The number of nitro groups is 1. The fraction of sp³-hybridized carbons (Fsp3) is 0.455. The van der Waals surface area contributed by atoms with Gasteiger partial charge in [0.15, 0.2) is 4.90 Å². The summed E-state index contributed by atoms with van der Waals surface area (Å²) >= 11 is 0. The van der Waals surface area contributed by atoms with Gasteiger partial charge >= 0.3 is 5.69 Å². The predicted molar refractivity (Wildman–Crippen MR) is 75.1 cm³/mol. The van der Waals surface area contributed by atoms with Crippen LogP contribution in [0, 0.1) is 10.1 Å². The maximum absolute atomic E-state index is 12.4. The SMILES string of the molecule is NNc1cccc(S(=O)(=O)NC2CCOCC2)c1[N+](=O)[O-]. The zero-order chi connectivity index (χ0) is 15.5. The van der Waals surface area contributed by atoms with Crippen molar-refractivity contribution in [3.05, 3.63) is 28.3 Å². The van der Waals surface area contributed by atoms with Crippen molar-refractivity contribution < 1.29 is 18.1 Å². The summed E-state index contributed by atoms with van der Waals surface area (Å²) in [6.07, 6.45) is 1.06. The number of hydrogen-bond acceptors (Lipinski definition) is 7. The number of benzene rings is 1. The maximum atomic E-state index is 12.4. The van der Waals surface area contributed by atoms with Crippen molar-refractivity contribution in [3.8, 4) is 0 Å². The number of ether oxygens (including phenoxy) is 1. The average Bonchev–Trinajstić information content (AvgIpc) is 2.46. The molecule has 1 aliphatic rings. The summed E-state index contributed by atoms with van der Waals surface area (Å²) in [5.74, 6) is 5.20. The van der Waals surface area contributed by atoms with Crippen LogP contribution in [0.25, 0.3) is 0 Å². The Hall–Kier alpha value is -1.75. The highest BCUT2D eigenvalue weighted by atomic mass is 32.2. The van der Waals surface area contributed by atoms with Crippen molar-refractivity contribution in [1.29, 1.82) is 0 Å². The molecule has 1 aliphatic heterocycles. The van der Waals surface area contributed by atoms with E-state index >= 15 is 0 Å². The molecule has 0 bridgehead atoms. The summed E-state index contributed by atoms with van der Waals surface area (Å²) in [5.41, 5.74) is 1.51. The Morgan fingerprint density at radius 1 is 1.33 bits per heavy atom. The number of nitrogens with two attached hydrogens (primary N) is 1. The highest BCUT2D eigenvalue weighted by Gasteiger charge is 2.31. The van der Waals surface area contributed by atoms with Crippen LogP contribution >= 0.6 is 0 Å². The van der Waals surface area contributed by atoms with Crippen LogP contribution in [0.4, 0.5) is 11.4 Å². The van der Waals surface area contributed by atoms with E-state index in [1.165, 1.54) is 18.2 Å². The Bertz CT molecular complexity index is 628. The van der Waals surface area contributed by atoms with Crippen molar-refractivity contribution in [1.82, 2.24) is 4.72 Å². The maximum Gasteiger partial charge on any atom is 0.313 e. The first kappa shape index (κ1) is 15.6. The molecule has 1 aromatic carbocycles. The van der Waals surface area contributed by atoms with Crippen LogP contribution in [0.2, 0.25) is 0 Å². The van der Waals surface area contributed by atoms with Gasteiger partial charge < -0.3 is 10.2 Å². The molecule has 2 rings (SSSR count). The predicted octanol–water partition coefficient (Wildman–Crippen LogP) is 0.338. The molecule has 1 aromatic rings. The highest BCUT2D eigenvalue weighted by Crippen LogP contribution is 2.31. The van der Waals surface area contributed by atoms with Gasteiger partial charge in [-0.3, -0.25) is 16.0 Å². The number of nitrogen functional groups attached to an aromatic ring is 1. The average molecular weight is 316 g/mol. The Morgan fingerprint density at radius 3 is 2.57 bits per heavy atom. The third kappa shape index (κ3) is 3.47. The van der Waals surface area contributed by atoms with E-state index in [2.05, 4.69) is 10.1 Å². The van der Waals surface area contributed by atoms with E-state index in [0.717, 1.165) is 0 Å². The van der Waals surface area contributed by atoms with Gasteiger partial charge in [0.2, 0.25) is 10.0 Å². The van der Waals surface area contributed by atoms with E-state index in [-0.39, 0.29) is 11.7 Å². The zero-order valence-electron chi connectivity index (χ0n) is 11.1. The summed E-state index contributed by atoms with van der Waals surface area (Å²) in [6, 6.07) is 3.62. The van der Waals surface area contributed by atoms with Gasteiger partial charge in [-0.15, -0.1) is 0 Å². The number of nitrogens with zero attached hydrogens (tertiary/aromatic N) is 1. The summed E-state index contributed by atoms with van der Waals surface area (Å²) in [6.45, 7) is 0.916. The van der Waals surface area contributed by atoms with Crippen LogP contribution in [0.15, 0.2) is 23.1 Å². The molecule has 1 fully saturated rings. The van der Waals surface area contributed by atoms with Crippen LogP contribution in [0.1, 0.15) is 12.8 Å². The van der Waals surface area contributed by atoms with Crippen molar-refractivity contribution in [3.63, 3.8) is 0 Å². The van der Waals surface area contributed by atoms with Gasteiger partial charge in [0, 0.05) is 19.3 Å². The molecule has 1 saturated heterocycles. The number of sulfonamides is 1. The molecule has 9 nitrogen and oxygen atoms in total. The topological polar surface area (TPSA) is 137 Å². The van der Waals surface area contributed by atoms with Crippen LogP contribution in [0.3, 0.4) is 0 Å². The van der Waals surface area contributed by atoms with Crippen LogP contribution in [0.5, 0.6) is 0 Å². The van der Waals surface area contributed by atoms with E-state index in [0.29, 0.717) is 26.1 Å². The zero-order valence-corrected chi connectivity index (χ0v) is 11.9. The summed E-state index contributed by atoms with van der Waals surface area (Å²) in [4.78, 5) is 9.96. The Balaban J connectivity index is 2.37. The second-order valence-electron chi connectivity index (χ2n) is 4.56. The standard InChI is InChI=1S/C11H16N4O5S/c12-13-9-2-1-3-10(11(9)15(16)17)21(18,19)14-8-4-6-20-7-5-8/h1-3,8,13-14H,4-7,12H2. The van der Waals surface area contributed by atoms with E-state index in [1.807, 2.05) is 0 Å². The van der Waals surface area contributed by atoms with E-state index in [9.17, 15) is 18.5 Å². The summed E-state index contributed by atoms with van der Waals surface area (Å²) in [7, 11) is -4.01. The van der Waals surface area contributed by atoms with Crippen molar-refractivity contribution in [2.45, 2.75) is 23.8 Å². The quantitative estimate of drug-likeness (QED) is 0.404. The minimum atomic E-state index is -4.01. The first-order valence-corrected chi connectivity index (χ1v) is 7.78. The van der Waals surface area contributed by atoms with Crippen molar-refractivity contribution >= 4 is 21.4 Å². The molecule has 21 heavy (non-hydrogen) atoms. The summed E-state index contributed by atoms with van der Waals surface area (Å²) < 4.78 is 32.4. The van der Waals surface area contributed by atoms with Crippen LogP contribution in [-0.2, 0) is 14.8 Å². The first-order valence-electron chi connectivity index (χ1n) is 6.30. The number of anilines is 1. The molecule has 0 unspecified atom stereocenters. The van der Waals surface area contributed by atoms with E-state index in [4.69, 9.17) is 10.6 Å². The first-order chi connectivity index (χ1) is 9.95. The van der Waals surface area contributed by atoms with Crippen LogP contribution < -0.4 is 16.0 Å². The lowest BCUT2D eigenvalue weighted by atomic mass is 10.1. The second-order valence-corrected chi connectivity index (χ2v) is 6.24. The molecule has 0 atom stereocenters. The Morgan fingerprint density at radius 2 is 2.00 bits per heavy atom. The fourth-order valence-corrected chi connectivity index (χ4v) is 3.64. The normalized spacial score (nSPS) is 16.6. The van der Waals surface area contributed by atoms with E-state index < -0.39 is 25.5 Å². The molecule has 0 amide bonds. The van der Waals surface area contributed by atoms with Gasteiger partial charge in [0.1, 0.15) is 5.69 Å². The number of hydrazine groups is 1. The highest BCUT2D eigenvalue weighted by molar-refractivity contribution is 7.89. The number of para-hydroxylation sites is 1. The molecule has 4 N–H and O–H groups in total. The minimum absolute atomic E-state index is 0.0603. The van der Waals surface area contributed by atoms with Crippen molar-refractivity contribution in [2.75, 3.05) is 18.6 Å². The van der Waals surface area contributed by atoms with E-state index in [1.54, 1.807) is 0 Å². The lowest BCUT2D eigenvalue weighted by Crippen LogP contribution is -2.39. The second kappa shape index (κ2) is 6.35. The number of nitrogens with one attached hydrogen (secondary N) is 2. The smallest absolute Gasteiger partial charge is 0.313 e. The molecule has 116 valence electrons. The van der Waals surface area contributed by atoms with Gasteiger partial charge in [0.25, 0.3) is 0 Å². The molecule has 0 saturated carbocycles. The van der Waals surface area contributed by atoms with Crippen LogP contribution in [-0.4, -0.2) is 32.6 Å². The molecule has 0 radical (unpaired) electrons. The molecular weight excluding hydrogens is 300 g/mol. The summed E-state index contributed by atoms with van der Waals surface area (Å²) in [5, 5.41) is 11.1. The van der Waals surface area contributed by atoms with Gasteiger partial charge in [-0.1, -0.05) is 6.07 Å². The minimum Gasteiger partial charge on any atom is -0.381 e. The Kier molecular flexibility index (Phi) is 4.73. The molecule has 10 heteroatoms. The van der Waals surface area contributed by atoms with Gasteiger partial charge in [-0.2, -0.15) is 0 Å². The number of rotatable bonds is 5. The lowest BCUT2D eigenvalue weighted by Gasteiger charge is -2.23. The Labute approximate surface area is 121 Å². The van der Waals surface area contributed by atoms with Crippen molar-refractivity contribution in [2.24, 2.45) is 5.84 Å². The largest absolute Gasteiger partial charge is 0.381 e. The monoisotopic (exact) mass is 316 g/mol. The molecule has 1 heterocycles. The third-order valence-corrected chi connectivity index (χ3v) is 4.72. The number of nitro benzene ring substituents is 1. The van der Waals surface area contributed by atoms with Gasteiger partial charge in [-0.05, 0) is 25.0 Å². The molecule has 0 aliphatic carbocycles. The van der Waals surface area contributed by atoms with Gasteiger partial charge in [0.05, 0.1) is 4.92 Å². The molecule has 0 spiro atoms. The molecular formula is C11H16N4O5S. The number of hydrogen-bond donors (Lipinski definition) is 3.